The van der Waals surface area contributed by atoms with Crippen molar-refractivity contribution in [1.82, 2.24) is 10.6 Å². The van der Waals surface area contributed by atoms with Crippen LogP contribution in [0.3, 0.4) is 0 Å². The van der Waals surface area contributed by atoms with Crippen molar-refractivity contribution in [2.24, 2.45) is 5.92 Å². The first kappa shape index (κ1) is 28.1. The van der Waals surface area contributed by atoms with Crippen LogP contribution in [0.5, 0.6) is 0 Å². The van der Waals surface area contributed by atoms with E-state index in [1.165, 1.54) is 0 Å². The van der Waals surface area contributed by atoms with Crippen molar-refractivity contribution in [3.8, 4) is 0 Å². The van der Waals surface area contributed by atoms with Gasteiger partial charge in [0.2, 0.25) is 0 Å². The largest absolute Gasteiger partial charge is 0.341 e. The summed E-state index contributed by atoms with van der Waals surface area (Å²) in [6.45, 7) is 13.8. The van der Waals surface area contributed by atoms with Gasteiger partial charge in [0.1, 0.15) is 0 Å². The molecule has 2 aromatic rings. The second-order valence-corrected chi connectivity index (χ2v) is 8.03. The molecule has 178 valence electrons. The molecule has 7 heteroatoms. The fraction of sp³-hybridized carbons (Fsp3) is 0.346. The molecule has 0 radical (unpaired) electrons. The van der Waals surface area contributed by atoms with Gasteiger partial charge in [-0.2, -0.15) is 0 Å². The van der Waals surface area contributed by atoms with Crippen LogP contribution in [0.1, 0.15) is 54.7 Å². The number of ketones is 1. The maximum absolute atomic E-state index is 12.5. The number of urea groups is 1. The Bertz CT molecular complexity index is 998. The van der Waals surface area contributed by atoms with Crippen LogP contribution < -0.4 is 16.0 Å². The average molecular weight is 516 g/mol. The highest BCUT2D eigenvalue weighted by molar-refractivity contribution is 9.10. The third-order valence-electron chi connectivity index (χ3n) is 4.90. The number of amides is 3. The van der Waals surface area contributed by atoms with Crippen molar-refractivity contribution >= 4 is 39.3 Å². The zero-order chi connectivity index (χ0) is 25.1. The minimum atomic E-state index is -0.678. The van der Waals surface area contributed by atoms with Gasteiger partial charge in [0, 0.05) is 34.4 Å². The highest BCUT2D eigenvalue weighted by Gasteiger charge is 2.25. The minimum Gasteiger partial charge on any atom is -0.341 e. The summed E-state index contributed by atoms with van der Waals surface area (Å²) in [4.78, 5) is 36.4. The Morgan fingerprint density at radius 1 is 0.970 bits per heavy atom. The van der Waals surface area contributed by atoms with E-state index in [1.807, 2.05) is 52.8 Å². The Balaban J connectivity index is 0.00000129. The van der Waals surface area contributed by atoms with E-state index in [9.17, 15) is 14.4 Å². The Labute approximate surface area is 205 Å². The van der Waals surface area contributed by atoms with Crippen molar-refractivity contribution < 1.29 is 14.4 Å². The molecule has 0 fully saturated rings. The molecular weight excluding hydrogens is 482 g/mol. The second-order valence-electron chi connectivity index (χ2n) is 7.12. The average Bonchev–Trinajstić information content (AvgIpc) is 3.24. The number of hydrogen-bond acceptors (Lipinski definition) is 3. The van der Waals surface area contributed by atoms with Crippen LogP contribution in [0.4, 0.5) is 10.5 Å². The van der Waals surface area contributed by atoms with E-state index < -0.39 is 11.7 Å². The number of carbonyl (C=O) groups is 3. The Hall–Kier alpha value is -2.93. The molecule has 33 heavy (non-hydrogen) atoms. The molecule has 1 unspecified atom stereocenters. The highest BCUT2D eigenvalue weighted by Crippen LogP contribution is 2.32. The summed E-state index contributed by atoms with van der Waals surface area (Å²) in [5, 5.41) is 7.93. The van der Waals surface area contributed by atoms with E-state index in [4.69, 9.17) is 0 Å². The summed E-state index contributed by atoms with van der Waals surface area (Å²) in [7, 11) is 1.55. The Kier molecular flexibility index (Phi) is 11.6. The number of rotatable bonds is 5. The fourth-order valence-corrected chi connectivity index (χ4v) is 4.05. The third-order valence-corrected chi connectivity index (χ3v) is 5.36. The minimum absolute atomic E-state index is 0.0968. The summed E-state index contributed by atoms with van der Waals surface area (Å²) >= 11 is 3.35. The molecule has 0 aromatic heterocycles. The number of benzene rings is 2. The molecule has 0 saturated heterocycles. The van der Waals surface area contributed by atoms with Crippen LogP contribution in [-0.4, -0.2) is 24.8 Å². The lowest BCUT2D eigenvalue weighted by Crippen LogP contribution is -2.34. The van der Waals surface area contributed by atoms with Gasteiger partial charge in [-0.3, -0.25) is 9.59 Å². The van der Waals surface area contributed by atoms with Gasteiger partial charge in [0.15, 0.2) is 0 Å². The molecule has 3 rings (SSSR count). The fourth-order valence-electron chi connectivity index (χ4n) is 3.44. The monoisotopic (exact) mass is 515 g/mol. The number of anilines is 1. The van der Waals surface area contributed by atoms with Crippen LogP contribution in [0.25, 0.3) is 0 Å². The lowest BCUT2D eigenvalue weighted by molar-refractivity contribution is -0.112. The van der Waals surface area contributed by atoms with Crippen LogP contribution in [0.15, 0.2) is 53.1 Å². The quantitative estimate of drug-likeness (QED) is 0.347. The molecule has 0 saturated carbocycles. The molecule has 6 nitrogen and oxygen atoms in total. The third kappa shape index (κ3) is 7.86. The molecule has 1 atom stereocenters. The number of carbonyl (C=O) groups excluding carboxylic acids is 3. The van der Waals surface area contributed by atoms with Crippen LogP contribution in [0.2, 0.25) is 0 Å². The molecule has 0 bridgehead atoms. The number of Topliss-reactive ketones (excluding diaryl/α,β-unsaturated/α-hetero) is 1. The first-order valence-electron chi connectivity index (χ1n) is 11.2. The lowest BCUT2D eigenvalue weighted by atomic mass is 10.0. The van der Waals surface area contributed by atoms with E-state index in [-0.39, 0.29) is 11.9 Å². The van der Waals surface area contributed by atoms with Gasteiger partial charge in [-0.15, -0.1) is 0 Å². The van der Waals surface area contributed by atoms with Gasteiger partial charge in [-0.05, 0) is 66.8 Å². The van der Waals surface area contributed by atoms with Gasteiger partial charge in [0.05, 0.1) is 0 Å². The number of fused-ring (bicyclic) bond motifs is 1. The zero-order valence-corrected chi connectivity index (χ0v) is 21.9. The molecular formula is C26H34BrN3O3. The van der Waals surface area contributed by atoms with E-state index in [0.717, 1.165) is 27.6 Å². The molecule has 3 amide bonds. The van der Waals surface area contributed by atoms with Gasteiger partial charge in [-0.25, -0.2) is 4.79 Å². The smallest absolute Gasteiger partial charge is 0.318 e. The topological polar surface area (TPSA) is 87.3 Å². The molecule has 1 aliphatic carbocycles. The van der Waals surface area contributed by atoms with Crippen molar-refractivity contribution in [1.29, 1.82) is 0 Å². The number of allylic oxidation sites excluding steroid dienone is 1. The molecule has 1 aliphatic rings. The summed E-state index contributed by atoms with van der Waals surface area (Å²) in [6.07, 6.45) is 1.48. The van der Waals surface area contributed by atoms with Crippen molar-refractivity contribution in [3.63, 3.8) is 0 Å². The van der Waals surface area contributed by atoms with Crippen molar-refractivity contribution in [2.75, 3.05) is 12.4 Å². The van der Waals surface area contributed by atoms with E-state index in [1.54, 1.807) is 25.2 Å². The molecule has 2 aromatic carbocycles. The van der Waals surface area contributed by atoms with Crippen LogP contribution in [-0.2, 0) is 17.6 Å². The lowest BCUT2D eigenvalue weighted by Gasteiger charge is -2.13. The van der Waals surface area contributed by atoms with Gasteiger partial charge >= 0.3 is 6.03 Å². The predicted octanol–water partition coefficient (Wildman–Crippen LogP) is 5.79. The zero-order valence-electron chi connectivity index (χ0n) is 20.3. The van der Waals surface area contributed by atoms with Gasteiger partial charge < -0.3 is 16.0 Å². The first-order chi connectivity index (χ1) is 15.8. The Morgan fingerprint density at radius 3 is 2.21 bits per heavy atom. The number of aryl methyl sites for hydroxylation is 1. The van der Waals surface area contributed by atoms with Gasteiger partial charge in [0.25, 0.3) is 11.7 Å². The normalized spacial score (nSPS) is 13.2. The second kappa shape index (κ2) is 13.6. The SMILES string of the molecule is C=C(NC(=O)NC)C1Cc2ccc(NC(=O)C(=O)c3cc(C)cc(Br)c3)cc2C1.CC.CC. The van der Waals surface area contributed by atoms with E-state index in [0.29, 0.717) is 23.4 Å². The van der Waals surface area contributed by atoms with E-state index >= 15 is 0 Å². The maximum atomic E-state index is 12.5. The number of hydrogen-bond donors (Lipinski definition) is 3. The number of nitrogens with one attached hydrogen (secondary N) is 3. The summed E-state index contributed by atoms with van der Waals surface area (Å²) in [6, 6.07) is 10.5. The standard InChI is InChI=1S/C22H22BrN3O3.2C2H6/c1-12-6-17(10-18(23)7-12)20(27)21(28)26-19-5-4-14-8-15(9-16(14)11-19)13(2)25-22(29)24-3;2*1-2/h4-7,10-11,15H,2,8-9H2,1,3H3,(H,26,28)(H2,24,25,29);2*1-2H3. The summed E-state index contributed by atoms with van der Waals surface area (Å²) in [5.74, 6) is -1.17. The van der Waals surface area contributed by atoms with Crippen molar-refractivity contribution in [2.45, 2.75) is 47.5 Å². The maximum Gasteiger partial charge on any atom is 0.318 e. The van der Waals surface area contributed by atoms with Crippen LogP contribution >= 0.6 is 15.9 Å². The molecule has 3 N–H and O–H groups in total. The molecule has 0 aliphatic heterocycles. The summed E-state index contributed by atoms with van der Waals surface area (Å²) in [5.41, 5.74) is 4.67. The number of halogens is 1. The van der Waals surface area contributed by atoms with E-state index in [2.05, 4.69) is 38.5 Å². The molecule has 0 heterocycles. The Morgan fingerprint density at radius 2 is 1.61 bits per heavy atom. The predicted molar refractivity (Wildman–Crippen MR) is 139 cm³/mol. The first-order valence-corrected chi connectivity index (χ1v) is 12.0. The summed E-state index contributed by atoms with van der Waals surface area (Å²) < 4.78 is 0.753. The molecule has 0 spiro atoms. The van der Waals surface area contributed by atoms with Crippen LogP contribution in [0, 0.1) is 12.8 Å². The van der Waals surface area contributed by atoms with Crippen molar-refractivity contribution in [3.05, 3.63) is 75.4 Å². The van der Waals surface area contributed by atoms with Gasteiger partial charge in [-0.1, -0.05) is 56.3 Å². The highest BCUT2D eigenvalue weighted by atomic mass is 79.9.